The van der Waals surface area contributed by atoms with Crippen LogP contribution in [0.1, 0.15) is 45.9 Å². The third-order valence-electron chi connectivity index (χ3n) is 6.05. The third-order valence-corrected chi connectivity index (χ3v) is 7.19. The van der Waals surface area contributed by atoms with Crippen molar-refractivity contribution in [1.82, 2.24) is 20.2 Å². The van der Waals surface area contributed by atoms with Crippen LogP contribution in [0.2, 0.25) is 0 Å². The predicted molar refractivity (Wildman–Crippen MR) is 139 cm³/mol. The molecule has 3 aromatic carbocycles. The van der Waals surface area contributed by atoms with Crippen LogP contribution in [-0.4, -0.2) is 43.1 Å². The molecule has 1 aliphatic heterocycles. The van der Waals surface area contributed by atoms with Gasteiger partial charge in [-0.05, 0) is 45.8 Å². The van der Waals surface area contributed by atoms with E-state index in [0.29, 0.717) is 28.6 Å². The number of hydrogen-bond acceptors (Lipinski definition) is 8. The highest BCUT2D eigenvalue weighted by Gasteiger charge is 2.32. The normalized spacial score (nSPS) is 19.5. The molecular formula is C27H27N5O4S. The molecule has 0 aliphatic carbocycles. The number of nitrogens with one attached hydrogen (secondary N) is 1. The highest BCUT2D eigenvalue weighted by Crippen LogP contribution is 2.39. The molecule has 190 valence electrons. The van der Waals surface area contributed by atoms with Gasteiger partial charge in [-0.15, -0.1) is 5.10 Å². The van der Waals surface area contributed by atoms with Crippen LogP contribution >= 0.6 is 11.8 Å². The Kier molecular flexibility index (Phi) is 7.90. The van der Waals surface area contributed by atoms with E-state index in [1.165, 1.54) is 11.8 Å². The molecule has 1 aliphatic rings. The van der Waals surface area contributed by atoms with E-state index in [2.05, 4.69) is 20.8 Å². The number of thioether (sulfide) groups is 1. The molecule has 0 saturated carbocycles. The molecule has 3 atom stereocenters. The first-order chi connectivity index (χ1) is 18.1. The lowest BCUT2D eigenvalue weighted by molar-refractivity contribution is -0.245. The lowest BCUT2D eigenvalue weighted by Crippen LogP contribution is -2.31. The Morgan fingerprint density at radius 2 is 1.86 bits per heavy atom. The summed E-state index contributed by atoms with van der Waals surface area (Å²) in [7, 11) is 1.80. The number of tetrazole rings is 1. The topological polar surface area (TPSA) is 111 Å². The van der Waals surface area contributed by atoms with Gasteiger partial charge in [0.05, 0.1) is 18.8 Å². The summed E-state index contributed by atoms with van der Waals surface area (Å²) in [5.74, 6) is 0.459. The fourth-order valence-corrected chi connectivity index (χ4v) is 4.96. The van der Waals surface area contributed by atoms with Crippen molar-refractivity contribution in [2.75, 3.05) is 11.1 Å². The number of aliphatic hydroxyl groups excluding tert-OH is 1. The van der Waals surface area contributed by atoms with Gasteiger partial charge in [-0.25, -0.2) is 4.68 Å². The smallest absolute Gasteiger partial charge is 0.255 e. The second-order valence-electron chi connectivity index (χ2n) is 8.69. The van der Waals surface area contributed by atoms with Crippen LogP contribution in [0.3, 0.4) is 0 Å². The largest absolute Gasteiger partial charge is 0.392 e. The van der Waals surface area contributed by atoms with Crippen LogP contribution in [-0.2, 0) is 23.1 Å². The number of carbonyl (C=O) groups excluding carboxylic acids is 1. The average Bonchev–Trinajstić information content (AvgIpc) is 3.37. The average molecular weight is 518 g/mol. The molecule has 1 aromatic heterocycles. The molecule has 2 N–H and O–H groups in total. The second kappa shape index (κ2) is 11.7. The van der Waals surface area contributed by atoms with E-state index in [4.69, 9.17) is 9.47 Å². The number of carbonyl (C=O) groups is 1. The second-order valence-corrected chi connectivity index (χ2v) is 9.68. The summed E-state index contributed by atoms with van der Waals surface area (Å²) < 4.78 is 14.4. The van der Waals surface area contributed by atoms with Gasteiger partial charge >= 0.3 is 0 Å². The Morgan fingerprint density at radius 1 is 1.05 bits per heavy atom. The minimum atomic E-state index is -0.631. The molecule has 4 aromatic rings. The van der Waals surface area contributed by atoms with Crippen molar-refractivity contribution >= 4 is 23.4 Å². The van der Waals surface area contributed by atoms with E-state index in [-0.39, 0.29) is 24.7 Å². The number of benzene rings is 3. The third kappa shape index (κ3) is 6.23. The van der Waals surface area contributed by atoms with Crippen molar-refractivity contribution in [3.8, 4) is 0 Å². The molecule has 9 nitrogen and oxygen atoms in total. The number of aliphatic hydroxyl groups is 1. The Hall–Kier alpha value is -3.57. The number of aromatic nitrogens is 4. The van der Waals surface area contributed by atoms with Gasteiger partial charge in [0.1, 0.15) is 0 Å². The molecule has 1 fully saturated rings. The molecular weight excluding hydrogens is 490 g/mol. The molecule has 10 heteroatoms. The van der Waals surface area contributed by atoms with E-state index in [9.17, 15) is 9.90 Å². The zero-order valence-corrected chi connectivity index (χ0v) is 21.0. The zero-order chi connectivity index (χ0) is 25.6. The van der Waals surface area contributed by atoms with Crippen LogP contribution in [0, 0.1) is 0 Å². The van der Waals surface area contributed by atoms with E-state index in [1.807, 2.05) is 66.7 Å². The van der Waals surface area contributed by atoms with Crippen LogP contribution in [0.5, 0.6) is 0 Å². The Bertz CT molecular complexity index is 1330. The fourth-order valence-electron chi connectivity index (χ4n) is 4.09. The monoisotopic (exact) mass is 517 g/mol. The number of rotatable bonds is 8. The van der Waals surface area contributed by atoms with Crippen LogP contribution in [0.4, 0.5) is 5.69 Å². The lowest BCUT2D eigenvalue weighted by Gasteiger charge is -2.36. The highest BCUT2D eigenvalue weighted by molar-refractivity contribution is 7.99. The maximum Gasteiger partial charge on any atom is 0.255 e. The number of amides is 1. The first-order valence-corrected chi connectivity index (χ1v) is 12.9. The molecule has 37 heavy (non-hydrogen) atoms. The Morgan fingerprint density at radius 3 is 2.59 bits per heavy atom. The summed E-state index contributed by atoms with van der Waals surface area (Å²) in [6.45, 7) is -0.00989. The molecule has 0 radical (unpaired) electrons. The Labute approximate surface area is 218 Å². The van der Waals surface area contributed by atoms with Crippen LogP contribution < -0.4 is 5.32 Å². The number of aryl methyl sites for hydroxylation is 1. The van der Waals surface area contributed by atoms with Crippen molar-refractivity contribution in [2.45, 2.75) is 36.7 Å². The molecule has 2 heterocycles. The molecule has 0 spiro atoms. The molecule has 5 rings (SSSR count). The SMILES string of the molecule is Cn1nnnc1SCC1CC(c2ccc(CO)cc2)OC(c2cccc(NC(=O)c3ccccc3)c2)O1. The van der Waals surface area contributed by atoms with Crippen molar-refractivity contribution in [1.29, 1.82) is 0 Å². The summed E-state index contributed by atoms with van der Waals surface area (Å²) in [5, 5.41) is 24.7. The quantitative estimate of drug-likeness (QED) is 0.333. The summed E-state index contributed by atoms with van der Waals surface area (Å²) >= 11 is 1.53. The van der Waals surface area contributed by atoms with Crippen LogP contribution in [0.25, 0.3) is 0 Å². The highest BCUT2D eigenvalue weighted by atomic mass is 32.2. The summed E-state index contributed by atoms with van der Waals surface area (Å²) in [6.07, 6.45) is -0.326. The standard InChI is InChI=1S/C27H27N5O4S/c1-32-27(29-30-31-32)37-17-23-15-24(19-12-10-18(16-33)11-13-19)36-26(35-23)21-8-5-9-22(14-21)28-25(34)20-6-3-2-4-7-20/h2-14,23-24,26,33H,15-17H2,1H3,(H,28,34). The number of hydrogen-bond donors (Lipinski definition) is 2. The Balaban J connectivity index is 1.35. The van der Waals surface area contributed by atoms with Crippen molar-refractivity contribution < 1.29 is 19.4 Å². The van der Waals surface area contributed by atoms with Gasteiger partial charge in [-0.3, -0.25) is 4.79 Å². The first kappa shape index (κ1) is 25.1. The molecule has 0 bridgehead atoms. The molecule has 1 amide bonds. The predicted octanol–water partition coefficient (Wildman–Crippen LogP) is 4.29. The van der Waals surface area contributed by atoms with E-state index >= 15 is 0 Å². The maximum absolute atomic E-state index is 12.7. The number of ether oxygens (including phenoxy) is 2. The van der Waals surface area contributed by atoms with Gasteiger partial charge in [0.2, 0.25) is 5.16 Å². The van der Waals surface area contributed by atoms with Crippen LogP contribution in [0.15, 0.2) is 84.0 Å². The molecule has 3 unspecified atom stereocenters. The lowest BCUT2D eigenvalue weighted by atomic mass is 10.0. The van der Waals surface area contributed by atoms with Crippen molar-refractivity contribution in [3.05, 3.63) is 101 Å². The van der Waals surface area contributed by atoms with Gasteiger partial charge in [0.25, 0.3) is 5.91 Å². The van der Waals surface area contributed by atoms with Crippen molar-refractivity contribution in [3.63, 3.8) is 0 Å². The summed E-state index contributed by atoms with van der Waals surface area (Å²) in [5.41, 5.74) is 3.90. The number of anilines is 1. The van der Waals surface area contributed by atoms with Gasteiger partial charge < -0.3 is 19.9 Å². The minimum Gasteiger partial charge on any atom is -0.392 e. The minimum absolute atomic E-state index is 0.00989. The summed E-state index contributed by atoms with van der Waals surface area (Å²) in [6, 6.07) is 24.4. The van der Waals surface area contributed by atoms with E-state index in [1.54, 1.807) is 23.9 Å². The summed E-state index contributed by atoms with van der Waals surface area (Å²) in [4.78, 5) is 12.7. The maximum atomic E-state index is 12.7. The van der Waals surface area contributed by atoms with Gasteiger partial charge in [0, 0.05) is 36.0 Å². The molecule has 1 saturated heterocycles. The van der Waals surface area contributed by atoms with Gasteiger partial charge in [-0.1, -0.05) is 66.4 Å². The zero-order valence-electron chi connectivity index (χ0n) is 20.2. The first-order valence-electron chi connectivity index (χ1n) is 11.9. The van der Waals surface area contributed by atoms with Crippen molar-refractivity contribution in [2.24, 2.45) is 7.05 Å². The fraction of sp³-hybridized carbons (Fsp3) is 0.259. The van der Waals surface area contributed by atoms with Gasteiger partial charge in [0.15, 0.2) is 6.29 Å². The number of nitrogens with zero attached hydrogens (tertiary/aromatic N) is 4. The van der Waals surface area contributed by atoms with E-state index < -0.39 is 6.29 Å². The van der Waals surface area contributed by atoms with Gasteiger partial charge in [-0.2, -0.15) is 0 Å². The van der Waals surface area contributed by atoms with E-state index in [0.717, 1.165) is 16.7 Å².